The summed E-state index contributed by atoms with van der Waals surface area (Å²) in [7, 11) is 0. The zero-order valence-corrected chi connectivity index (χ0v) is 9.90. The highest BCUT2D eigenvalue weighted by Crippen LogP contribution is 2.09. The van der Waals surface area contributed by atoms with Gasteiger partial charge >= 0.3 is 6.01 Å². The van der Waals surface area contributed by atoms with Crippen LogP contribution in [0.4, 0.5) is 0 Å². The van der Waals surface area contributed by atoms with Crippen LogP contribution in [0.25, 0.3) is 0 Å². The van der Waals surface area contributed by atoms with E-state index in [1.54, 1.807) is 12.3 Å². The Morgan fingerprint density at radius 1 is 1.25 bits per heavy atom. The third-order valence-corrected chi connectivity index (χ3v) is 1.82. The van der Waals surface area contributed by atoms with E-state index in [4.69, 9.17) is 9.47 Å². The second-order valence-corrected chi connectivity index (χ2v) is 3.23. The quantitative estimate of drug-likeness (QED) is 0.675. The van der Waals surface area contributed by atoms with Crippen LogP contribution in [-0.4, -0.2) is 36.3 Å². The van der Waals surface area contributed by atoms with E-state index >= 15 is 0 Å². The zero-order valence-electron chi connectivity index (χ0n) is 9.90. The van der Waals surface area contributed by atoms with Crippen molar-refractivity contribution in [3.63, 3.8) is 0 Å². The van der Waals surface area contributed by atoms with E-state index in [1.807, 2.05) is 0 Å². The van der Waals surface area contributed by atoms with Gasteiger partial charge in [0.2, 0.25) is 5.88 Å². The fourth-order valence-corrected chi connectivity index (χ4v) is 1.07. The summed E-state index contributed by atoms with van der Waals surface area (Å²) in [4.78, 5) is 8.13. The summed E-state index contributed by atoms with van der Waals surface area (Å²) in [5.41, 5.74) is 0. The van der Waals surface area contributed by atoms with Crippen molar-refractivity contribution in [2.45, 2.75) is 20.3 Å². The van der Waals surface area contributed by atoms with Crippen molar-refractivity contribution in [2.75, 3.05) is 26.3 Å². The van der Waals surface area contributed by atoms with Crippen molar-refractivity contribution in [3.05, 3.63) is 12.3 Å². The highest BCUT2D eigenvalue weighted by Gasteiger charge is 2.00. The lowest BCUT2D eigenvalue weighted by atomic mass is 10.5. The van der Waals surface area contributed by atoms with Crippen molar-refractivity contribution in [1.29, 1.82) is 0 Å². The topological polar surface area (TPSA) is 56.3 Å². The van der Waals surface area contributed by atoms with Crippen LogP contribution in [-0.2, 0) is 0 Å². The van der Waals surface area contributed by atoms with Crippen molar-refractivity contribution >= 4 is 0 Å². The second-order valence-electron chi connectivity index (χ2n) is 3.23. The first-order valence-electron chi connectivity index (χ1n) is 5.66. The summed E-state index contributed by atoms with van der Waals surface area (Å²) in [6.07, 6.45) is 2.60. The number of nitrogens with zero attached hydrogens (tertiary/aromatic N) is 2. The Labute approximate surface area is 96.2 Å². The molecule has 1 aromatic heterocycles. The van der Waals surface area contributed by atoms with E-state index in [0.29, 0.717) is 25.1 Å². The number of ether oxygens (including phenoxy) is 2. The first-order chi connectivity index (χ1) is 7.86. The van der Waals surface area contributed by atoms with Crippen LogP contribution >= 0.6 is 0 Å². The van der Waals surface area contributed by atoms with Gasteiger partial charge in [-0.15, -0.1) is 0 Å². The molecule has 0 aliphatic rings. The largest absolute Gasteiger partial charge is 0.478 e. The molecule has 0 fully saturated rings. The SMILES string of the molecule is CCCOc1ccnc(OCCNCC)n1. The van der Waals surface area contributed by atoms with Gasteiger partial charge in [-0.25, -0.2) is 4.98 Å². The van der Waals surface area contributed by atoms with E-state index in [9.17, 15) is 0 Å². The molecule has 0 aliphatic heterocycles. The van der Waals surface area contributed by atoms with Gasteiger partial charge < -0.3 is 14.8 Å². The van der Waals surface area contributed by atoms with Crippen LogP contribution < -0.4 is 14.8 Å². The molecule has 0 bridgehead atoms. The molecule has 90 valence electrons. The van der Waals surface area contributed by atoms with Crippen LogP contribution in [0.1, 0.15) is 20.3 Å². The summed E-state index contributed by atoms with van der Waals surface area (Å²) >= 11 is 0. The van der Waals surface area contributed by atoms with Gasteiger partial charge in [0, 0.05) is 18.8 Å². The summed E-state index contributed by atoms with van der Waals surface area (Å²) in [5.74, 6) is 0.565. The minimum atomic E-state index is 0.367. The normalized spacial score (nSPS) is 10.1. The Kier molecular flexibility index (Phi) is 6.25. The van der Waals surface area contributed by atoms with E-state index in [2.05, 4.69) is 29.1 Å². The van der Waals surface area contributed by atoms with Crippen molar-refractivity contribution in [3.8, 4) is 11.9 Å². The average Bonchev–Trinajstić information content (AvgIpc) is 2.33. The maximum Gasteiger partial charge on any atom is 0.319 e. The predicted octanol–water partition coefficient (Wildman–Crippen LogP) is 1.25. The number of nitrogens with one attached hydrogen (secondary N) is 1. The Hall–Kier alpha value is -1.36. The number of hydrogen-bond acceptors (Lipinski definition) is 5. The van der Waals surface area contributed by atoms with Gasteiger partial charge in [0.15, 0.2) is 0 Å². The molecule has 0 amide bonds. The number of rotatable bonds is 8. The van der Waals surface area contributed by atoms with Crippen molar-refractivity contribution < 1.29 is 9.47 Å². The molecule has 0 atom stereocenters. The zero-order chi connectivity index (χ0) is 11.6. The fourth-order valence-electron chi connectivity index (χ4n) is 1.07. The molecule has 0 saturated heterocycles. The Balaban J connectivity index is 2.35. The summed E-state index contributed by atoms with van der Waals surface area (Å²) in [5, 5.41) is 3.16. The average molecular weight is 225 g/mol. The molecular formula is C11H19N3O2. The maximum absolute atomic E-state index is 5.38. The standard InChI is InChI=1S/C11H19N3O2/c1-3-8-15-10-5-6-13-11(14-10)16-9-7-12-4-2/h5-6,12H,3-4,7-9H2,1-2H3. The molecular weight excluding hydrogens is 206 g/mol. The molecule has 0 unspecified atom stereocenters. The lowest BCUT2D eigenvalue weighted by Crippen LogP contribution is -2.20. The first-order valence-corrected chi connectivity index (χ1v) is 5.66. The Morgan fingerprint density at radius 3 is 2.88 bits per heavy atom. The van der Waals surface area contributed by atoms with Gasteiger partial charge in [-0.05, 0) is 13.0 Å². The van der Waals surface area contributed by atoms with Crippen LogP contribution in [0.5, 0.6) is 11.9 Å². The molecule has 1 heterocycles. The van der Waals surface area contributed by atoms with Gasteiger partial charge in [-0.2, -0.15) is 4.98 Å². The predicted molar refractivity (Wildman–Crippen MR) is 61.9 cm³/mol. The van der Waals surface area contributed by atoms with Crippen LogP contribution in [0.2, 0.25) is 0 Å². The van der Waals surface area contributed by atoms with Gasteiger partial charge in [-0.3, -0.25) is 0 Å². The minimum absolute atomic E-state index is 0.367. The molecule has 16 heavy (non-hydrogen) atoms. The van der Waals surface area contributed by atoms with Gasteiger partial charge in [0.25, 0.3) is 0 Å². The maximum atomic E-state index is 5.38. The molecule has 1 aromatic rings. The van der Waals surface area contributed by atoms with Crippen LogP contribution in [0.15, 0.2) is 12.3 Å². The monoisotopic (exact) mass is 225 g/mol. The fraction of sp³-hybridized carbons (Fsp3) is 0.636. The third kappa shape index (κ3) is 4.93. The van der Waals surface area contributed by atoms with Crippen molar-refractivity contribution in [2.24, 2.45) is 0 Å². The molecule has 0 saturated carbocycles. The smallest absolute Gasteiger partial charge is 0.319 e. The van der Waals surface area contributed by atoms with E-state index in [1.165, 1.54) is 0 Å². The molecule has 0 aliphatic carbocycles. The molecule has 0 radical (unpaired) electrons. The second kappa shape index (κ2) is 7.87. The van der Waals surface area contributed by atoms with Crippen LogP contribution in [0, 0.1) is 0 Å². The Morgan fingerprint density at radius 2 is 2.12 bits per heavy atom. The van der Waals surface area contributed by atoms with E-state index < -0.39 is 0 Å². The van der Waals surface area contributed by atoms with E-state index in [-0.39, 0.29) is 0 Å². The van der Waals surface area contributed by atoms with Crippen LogP contribution in [0.3, 0.4) is 0 Å². The van der Waals surface area contributed by atoms with Gasteiger partial charge in [0.05, 0.1) is 6.61 Å². The number of hydrogen-bond donors (Lipinski definition) is 1. The molecule has 0 aromatic carbocycles. The summed E-state index contributed by atoms with van der Waals surface area (Å²) < 4.78 is 10.7. The first kappa shape index (κ1) is 12.7. The van der Waals surface area contributed by atoms with Gasteiger partial charge in [0.1, 0.15) is 6.61 Å². The molecule has 1 rings (SSSR count). The molecule has 5 heteroatoms. The lowest BCUT2D eigenvalue weighted by Gasteiger charge is -2.06. The highest BCUT2D eigenvalue weighted by molar-refractivity contribution is 5.10. The minimum Gasteiger partial charge on any atom is -0.478 e. The number of aromatic nitrogens is 2. The summed E-state index contributed by atoms with van der Waals surface area (Å²) in [6, 6.07) is 2.10. The molecule has 0 spiro atoms. The molecule has 1 N–H and O–H groups in total. The number of likely N-dealkylation sites (N-methyl/N-ethyl adjacent to an activating group) is 1. The highest BCUT2D eigenvalue weighted by atomic mass is 16.5. The third-order valence-electron chi connectivity index (χ3n) is 1.82. The molecule has 5 nitrogen and oxygen atoms in total. The van der Waals surface area contributed by atoms with Crippen molar-refractivity contribution in [1.82, 2.24) is 15.3 Å². The summed E-state index contributed by atoms with van der Waals surface area (Å²) in [6.45, 7) is 7.05. The van der Waals surface area contributed by atoms with Gasteiger partial charge in [-0.1, -0.05) is 13.8 Å². The Bertz CT molecular complexity index is 294. The lowest BCUT2D eigenvalue weighted by molar-refractivity contribution is 0.270. The van der Waals surface area contributed by atoms with E-state index in [0.717, 1.165) is 19.5 Å².